The van der Waals surface area contributed by atoms with E-state index in [0.29, 0.717) is 0 Å². The summed E-state index contributed by atoms with van der Waals surface area (Å²) in [6, 6.07) is 47.6. The summed E-state index contributed by atoms with van der Waals surface area (Å²) in [7, 11) is 0. The molecule has 0 radical (unpaired) electrons. The van der Waals surface area contributed by atoms with Gasteiger partial charge in [-0.2, -0.15) is 0 Å². The van der Waals surface area contributed by atoms with Crippen molar-refractivity contribution in [2.24, 2.45) is 4.99 Å². The molecule has 7 rings (SSSR count). The fourth-order valence-electron chi connectivity index (χ4n) is 5.58. The number of aryl methyl sites for hydroxylation is 1. The molecular weight excluding hydrogens is 472 g/mol. The Bertz CT molecular complexity index is 1880. The predicted molar refractivity (Wildman–Crippen MR) is 165 cm³/mol. The topological polar surface area (TPSA) is 24.4 Å². The maximum Gasteiger partial charge on any atom is 0.145 e. The molecule has 0 aliphatic carbocycles. The van der Waals surface area contributed by atoms with E-state index in [9.17, 15) is 0 Å². The Labute approximate surface area is 229 Å². The fraction of sp³-hybridized carbons (Fsp3) is 0.0541. The van der Waals surface area contributed by atoms with Crippen LogP contribution >= 0.6 is 0 Å². The van der Waals surface area contributed by atoms with E-state index < -0.39 is 0 Å². The molecule has 0 spiro atoms. The molecule has 6 aromatic rings. The molecule has 0 amide bonds. The van der Waals surface area contributed by atoms with Crippen molar-refractivity contribution in [2.75, 3.05) is 0 Å². The number of nitrogens with one attached hydrogen (secondary N) is 1. The Morgan fingerprint density at radius 2 is 1.26 bits per heavy atom. The minimum absolute atomic E-state index is 0.147. The van der Waals surface area contributed by atoms with E-state index in [1.807, 2.05) is 6.07 Å². The molecule has 0 bridgehead atoms. The molecule has 1 heterocycles. The van der Waals surface area contributed by atoms with Gasteiger partial charge in [0.15, 0.2) is 0 Å². The first-order valence-corrected chi connectivity index (χ1v) is 13.4. The van der Waals surface area contributed by atoms with Crippen LogP contribution in [0.5, 0.6) is 0 Å². The average molecular weight is 501 g/mol. The highest BCUT2D eigenvalue weighted by Crippen LogP contribution is 2.35. The summed E-state index contributed by atoms with van der Waals surface area (Å²) in [5.74, 6) is 0. The van der Waals surface area contributed by atoms with Crippen molar-refractivity contribution in [3.8, 4) is 11.1 Å². The molecule has 1 aliphatic heterocycles. The van der Waals surface area contributed by atoms with E-state index in [0.717, 1.165) is 28.1 Å². The standard InChI is InChI=1S/C37H28N2/c1-25-10-9-14-30(22-25)36-24-35(38-37(39-36)28-11-3-2-4-12-28)27-20-18-26(19-21-27)34-23-29-13-5-6-15-31(29)32-16-7-8-17-33(32)34/h2-24,37-38H,1H3. The van der Waals surface area contributed by atoms with Crippen LogP contribution in [0.4, 0.5) is 0 Å². The van der Waals surface area contributed by atoms with Crippen molar-refractivity contribution in [1.29, 1.82) is 0 Å². The van der Waals surface area contributed by atoms with Gasteiger partial charge in [-0.25, -0.2) is 0 Å². The average Bonchev–Trinajstić information content (AvgIpc) is 3.01. The van der Waals surface area contributed by atoms with Gasteiger partial charge in [0.1, 0.15) is 6.17 Å². The van der Waals surface area contributed by atoms with Crippen molar-refractivity contribution in [1.82, 2.24) is 5.32 Å². The number of hydrogen-bond acceptors (Lipinski definition) is 2. The summed E-state index contributed by atoms with van der Waals surface area (Å²) in [4.78, 5) is 5.10. The molecule has 0 saturated heterocycles. The maximum atomic E-state index is 5.10. The first-order valence-electron chi connectivity index (χ1n) is 13.4. The molecule has 0 fully saturated rings. The number of nitrogens with zero attached hydrogens (tertiary/aromatic N) is 1. The second-order valence-electron chi connectivity index (χ2n) is 10.2. The Morgan fingerprint density at radius 1 is 0.564 bits per heavy atom. The second kappa shape index (κ2) is 9.74. The van der Waals surface area contributed by atoms with Gasteiger partial charge in [-0.05, 0) is 68.9 Å². The molecule has 2 heteroatoms. The van der Waals surface area contributed by atoms with E-state index in [1.165, 1.54) is 38.2 Å². The Kier molecular flexibility index (Phi) is 5.79. The lowest BCUT2D eigenvalue weighted by Gasteiger charge is -2.25. The predicted octanol–water partition coefficient (Wildman–Crippen LogP) is 9.10. The molecule has 1 unspecified atom stereocenters. The quantitative estimate of drug-likeness (QED) is 0.240. The van der Waals surface area contributed by atoms with E-state index >= 15 is 0 Å². The van der Waals surface area contributed by atoms with Crippen LogP contribution in [0, 0.1) is 6.92 Å². The minimum atomic E-state index is -0.147. The molecule has 1 atom stereocenters. The third-order valence-corrected chi connectivity index (χ3v) is 7.55. The number of rotatable bonds is 4. The molecule has 0 aromatic heterocycles. The Morgan fingerprint density at radius 3 is 2.05 bits per heavy atom. The normalized spacial score (nSPS) is 15.1. The van der Waals surface area contributed by atoms with Gasteiger partial charge in [0.05, 0.1) is 5.71 Å². The van der Waals surface area contributed by atoms with Gasteiger partial charge < -0.3 is 5.32 Å². The number of hydrogen-bond donors (Lipinski definition) is 1. The van der Waals surface area contributed by atoms with Gasteiger partial charge in [-0.15, -0.1) is 0 Å². The van der Waals surface area contributed by atoms with Crippen LogP contribution in [-0.2, 0) is 0 Å². The van der Waals surface area contributed by atoms with E-state index in [-0.39, 0.29) is 6.17 Å². The maximum absolute atomic E-state index is 5.10. The number of fused-ring (bicyclic) bond motifs is 3. The van der Waals surface area contributed by atoms with Crippen molar-refractivity contribution < 1.29 is 0 Å². The van der Waals surface area contributed by atoms with Crippen molar-refractivity contribution in [2.45, 2.75) is 13.1 Å². The summed E-state index contributed by atoms with van der Waals surface area (Å²) < 4.78 is 0. The van der Waals surface area contributed by atoms with E-state index in [1.54, 1.807) is 0 Å². The zero-order valence-corrected chi connectivity index (χ0v) is 21.8. The molecule has 186 valence electrons. The summed E-state index contributed by atoms with van der Waals surface area (Å²) in [5, 5.41) is 8.80. The third kappa shape index (κ3) is 4.41. The lowest BCUT2D eigenvalue weighted by atomic mass is 9.92. The van der Waals surface area contributed by atoms with Gasteiger partial charge in [0, 0.05) is 11.3 Å². The molecule has 1 aliphatic rings. The zero-order valence-electron chi connectivity index (χ0n) is 21.8. The first kappa shape index (κ1) is 23.2. The molecule has 2 nitrogen and oxygen atoms in total. The Balaban J connectivity index is 1.30. The molecule has 6 aromatic carbocycles. The van der Waals surface area contributed by atoms with Gasteiger partial charge in [0.2, 0.25) is 0 Å². The number of aliphatic imine (C=N–C) groups is 1. The largest absolute Gasteiger partial charge is 0.360 e. The fourth-order valence-corrected chi connectivity index (χ4v) is 5.58. The van der Waals surface area contributed by atoms with E-state index in [4.69, 9.17) is 4.99 Å². The highest BCUT2D eigenvalue weighted by Gasteiger charge is 2.19. The molecule has 39 heavy (non-hydrogen) atoms. The second-order valence-corrected chi connectivity index (χ2v) is 10.2. The third-order valence-electron chi connectivity index (χ3n) is 7.55. The van der Waals surface area contributed by atoms with Crippen molar-refractivity contribution >= 4 is 33.0 Å². The van der Waals surface area contributed by atoms with Gasteiger partial charge in [-0.1, -0.05) is 127 Å². The SMILES string of the molecule is Cc1cccc(C2=NC(c3ccccc3)NC(c3ccc(-c4cc5ccccc5c5ccccc45)cc3)=C2)c1. The highest BCUT2D eigenvalue weighted by molar-refractivity contribution is 6.14. The molecular formula is C37H28N2. The van der Waals surface area contributed by atoms with Crippen LogP contribution < -0.4 is 5.32 Å². The van der Waals surface area contributed by atoms with Crippen LogP contribution in [0.2, 0.25) is 0 Å². The zero-order chi connectivity index (χ0) is 26.2. The van der Waals surface area contributed by atoms with Crippen LogP contribution in [0.3, 0.4) is 0 Å². The van der Waals surface area contributed by atoms with Crippen molar-refractivity contribution in [3.05, 3.63) is 162 Å². The van der Waals surface area contributed by atoms with Crippen LogP contribution in [0.25, 0.3) is 38.4 Å². The van der Waals surface area contributed by atoms with Crippen LogP contribution in [0.1, 0.15) is 28.4 Å². The molecule has 1 N–H and O–H groups in total. The minimum Gasteiger partial charge on any atom is -0.360 e. The van der Waals surface area contributed by atoms with Gasteiger partial charge in [-0.3, -0.25) is 4.99 Å². The van der Waals surface area contributed by atoms with Gasteiger partial charge in [0.25, 0.3) is 0 Å². The Hall–Kier alpha value is -4.95. The van der Waals surface area contributed by atoms with Crippen molar-refractivity contribution in [3.63, 3.8) is 0 Å². The number of benzene rings is 6. The lowest BCUT2D eigenvalue weighted by Crippen LogP contribution is -2.24. The molecule has 0 saturated carbocycles. The summed E-state index contributed by atoms with van der Waals surface area (Å²) in [5.41, 5.74) is 9.18. The smallest absolute Gasteiger partial charge is 0.145 e. The summed E-state index contributed by atoms with van der Waals surface area (Å²) in [6.07, 6.45) is 2.03. The highest BCUT2D eigenvalue weighted by atomic mass is 15.1. The number of allylic oxidation sites excluding steroid dienone is 1. The summed E-state index contributed by atoms with van der Waals surface area (Å²) >= 11 is 0. The lowest BCUT2D eigenvalue weighted by molar-refractivity contribution is 0.664. The monoisotopic (exact) mass is 500 g/mol. The van der Waals surface area contributed by atoms with Crippen LogP contribution in [0.15, 0.2) is 145 Å². The van der Waals surface area contributed by atoms with Gasteiger partial charge >= 0.3 is 0 Å². The first-order chi connectivity index (χ1) is 19.2. The van der Waals surface area contributed by atoms with Crippen LogP contribution in [-0.4, -0.2) is 5.71 Å². The van der Waals surface area contributed by atoms with E-state index in [2.05, 4.69) is 146 Å². The summed E-state index contributed by atoms with van der Waals surface area (Å²) in [6.45, 7) is 2.12.